The lowest BCUT2D eigenvalue weighted by atomic mass is 10.3. The minimum absolute atomic E-state index is 0. The van der Waals surface area contributed by atoms with Crippen molar-refractivity contribution in [3.05, 3.63) is 14.7 Å². The van der Waals surface area contributed by atoms with Crippen molar-refractivity contribution in [1.29, 1.82) is 0 Å². The van der Waals surface area contributed by atoms with Gasteiger partial charge in [-0.1, -0.05) is 0 Å². The molecule has 0 amide bonds. The van der Waals surface area contributed by atoms with E-state index in [1.54, 1.807) is 6.92 Å². The van der Waals surface area contributed by atoms with E-state index >= 15 is 0 Å². The van der Waals surface area contributed by atoms with Crippen molar-refractivity contribution < 1.29 is 17.2 Å². The Labute approximate surface area is 123 Å². The van der Waals surface area contributed by atoms with E-state index in [-0.39, 0.29) is 17.3 Å². The molecule has 0 aliphatic rings. The van der Waals surface area contributed by atoms with Crippen LogP contribution in [0.2, 0.25) is 0 Å². The number of thiophene rings is 1. The van der Waals surface area contributed by atoms with Gasteiger partial charge in [0, 0.05) is 4.88 Å². The molecule has 1 heterocycles. The SMILES string of the molecule is Cc1sc(Br)cc1S(=O)(=O)NCC(F)(F)CN.Cl. The third-order valence-electron chi connectivity index (χ3n) is 1.95. The fourth-order valence-electron chi connectivity index (χ4n) is 1.05. The first kappa shape index (κ1) is 18.2. The first-order chi connectivity index (χ1) is 7.68. The fourth-order valence-corrected chi connectivity index (χ4v) is 4.52. The van der Waals surface area contributed by atoms with E-state index < -0.39 is 29.0 Å². The average molecular weight is 386 g/mol. The number of aryl methyl sites for hydroxylation is 1. The summed E-state index contributed by atoms with van der Waals surface area (Å²) in [7, 11) is -3.92. The lowest BCUT2D eigenvalue weighted by Gasteiger charge is -2.14. The zero-order chi connectivity index (χ0) is 13.3. The van der Waals surface area contributed by atoms with Crippen molar-refractivity contribution in [2.75, 3.05) is 13.1 Å². The van der Waals surface area contributed by atoms with Gasteiger partial charge in [0.2, 0.25) is 10.0 Å². The maximum Gasteiger partial charge on any atom is 0.273 e. The molecule has 0 bridgehead atoms. The van der Waals surface area contributed by atoms with E-state index in [0.717, 1.165) is 0 Å². The van der Waals surface area contributed by atoms with Crippen LogP contribution in [0.3, 0.4) is 0 Å². The summed E-state index contributed by atoms with van der Waals surface area (Å²) in [6, 6.07) is 1.38. The normalized spacial score (nSPS) is 12.3. The van der Waals surface area contributed by atoms with Crippen LogP contribution in [0.1, 0.15) is 4.88 Å². The number of hydrogen-bond acceptors (Lipinski definition) is 4. The van der Waals surface area contributed by atoms with Crippen LogP contribution in [-0.2, 0) is 10.0 Å². The van der Waals surface area contributed by atoms with E-state index in [1.807, 2.05) is 4.72 Å². The summed E-state index contributed by atoms with van der Waals surface area (Å²) in [5, 5.41) is 0. The second kappa shape index (κ2) is 6.58. The molecular formula is C8H12BrClF2N2O2S2. The Morgan fingerprint density at radius 3 is 2.50 bits per heavy atom. The van der Waals surface area contributed by atoms with Gasteiger partial charge in [-0.25, -0.2) is 21.9 Å². The van der Waals surface area contributed by atoms with Crippen LogP contribution in [0.4, 0.5) is 8.78 Å². The fraction of sp³-hybridized carbons (Fsp3) is 0.500. The van der Waals surface area contributed by atoms with Crippen LogP contribution in [0.15, 0.2) is 14.7 Å². The molecule has 1 aromatic rings. The van der Waals surface area contributed by atoms with Crippen LogP contribution < -0.4 is 10.5 Å². The van der Waals surface area contributed by atoms with Crippen LogP contribution in [0, 0.1) is 6.92 Å². The molecule has 1 rings (SSSR count). The van der Waals surface area contributed by atoms with Crippen LogP contribution in [0.25, 0.3) is 0 Å². The van der Waals surface area contributed by atoms with Crippen LogP contribution in [0.5, 0.6) is 0 Å². The second-order valence-corrected chi connectivity index (χ2v) is 7.73. The molecule has 0 atom stereocenters. The quantitative estimate of drug-likeness (QED) is 0.815. The van der Waals surface area contributed by atoms with E-state index in [9.17, 15) is 17.2 Å². The first-order valence-electron chi connectivity index (χ1n) is 4.51. The molecule has 0 aliphatic heterocycles. The molecule has 10 heteroatoms. The molecule has 0 unspecified atom stereocenters. The number of nitrogens with two attached hydrogens (primary N) is 1. The summed E-state index contributed by atoms with van der Waals surface area (Å²) in [4.78, 5) is 0.530. The van der Waals surface area contributed by atoms with Gasteiger partial charge < -0.3 is 5.73 Å². The summed E-state index contributed by atoms with van der Waals surface area (Å²) < 4.78 is 51.6. The van der Waals surface area contributed by atoms with Gasteiger partial charge in [-0.15, -0.1) is 23.7 Å². The molecule has 1 aromatic heterocycles. The van der Waals surface area contributed by atoms with Crippen molar-refractivity contribution in [2.24, 2.45) is 5.73 Å². The Balaban J connectivity index is 0.00000289. The molecule has 0 aliphatic carbocycles. The third-order valence-corrected chi connectivity index (χ3v) is 5.16. The van der Waals surface area contributed by atoms with Gasteiger partial charge in [0.05, 0.1) is 21.8 Å². The summed E-state index contributed by atoms with van der Waals surface area (Å²) in [6.07, 6.45) is 0. The summed E-state index contributed by atoms with van der Waals surface area (Å²) in [5.41, 5.74) is 4.82. The molecule has 0 spiro atoms. The van der Waals surface area contributed by atoms with Gasteiger partial charge >= 0.3 is 0 Å². The van der Waals surface area contributed by atoms with E-state index in [4.69, 9.17) is 5.73 Å². The smallest absolute Gasteiger partial charge is 0.273 e. The number of halogens is 4. The molecule has 4 nitrogen and oxygen atoms in total. The van der Waals surface area contributed by atoms with E-state index in [1.165, 1.54) is 17.4 Å². The second-order valence-electron chi connectivity index (χ2n) is 3.36. The van der Waals surface area contributed by atoms with Crippen LogP contribution >= 0.6 is 39.7 Å². The predicted molar refractivity (Wildman–Crippen MR) is 73.2 cm³/mol. The van der Waals surface area contributed by atoms with Crippen LogP contribution in [-0.4, -0.2) is 27.4 Å². The molecule has 0 aromatic carbocycles. The molecule has 106 valence electrons. The van der Waals surface area contributed by atoms with Gasteiger partial charge in [0.15, 0.2) is 0 Å². The number of sulfonamides is 1. The topological polar surface area (TPSA) is 72.2 Å². The number of alkyl halides is 2. The maximum absolute atomic E-state index is 12.8. The highest BCUT2D eigenvalue weighted by Crippen LogP contribution is 2.29. The number of hydrogen-bond donors (Lipinski definition) is 2. The predicted octanol–water partition coefficient (Wildman–Crippen LogP) is 2.11. The summed E-state index contributed by atoms with van der Waals surface area (Å²) in [6.45, 7) is -0.300. The average Bonchev–Trinajstić information content (AvgIpc) is 2.56. The highest BCUT2D eigenvalue weighted by Gasteiger charge is 2.30. The highest BCUT2D eigenvalue weighted by atomic mass is 79.9. The van der Waals surface area contributed by atoms with Gasteiger partial charge in [-0.05, 0) is 28.9 Å². The summed E-state index contributed by atoms with van der Waals surface area (Å²) >= 11 is 4.36. The summed E-state index contributed by atoms with van der Waals surface area (Å²) in [5.74, 6) is -3.24. The van der Waals surface area contributed by atoms with Crippen molar-refractivity contribution >= 4 is 49.7 Å². The highest BCUT2D eigenvalue weighted by molar-refractivity contribution is 9.11. The molecule has 0 radical (unpaired) electrons. The molecule has 0 saturated heterocycles. The van der Waals surface area contributed by atoms with Crippen molar-refractivity contribution in [2.45, 2.75) is 17.7 Å². The first-order valence-corrected chi connectivity index (χ1v) is 7.61. The van der Waals surface area contributed by atoms with Gasteiger partial charge in [-0.3, -0.25) is 0 Å². The standard InChI is InChI=1S/C8H11BrF2N2O2S2.ClH/c1-5-6(2-7(9)16-5)17(14,15)13-4-8(10,11)3-12;/h2,13H,3-4,12H2,1H3;1H. The Hall–Kier alpha value is 0.200. The molecule has 0 fully saturated rings. The minimum Gasteiger partial charge on any atom is -0.325 e. The Morgan fingerprint density at radius 1 is 1.56 bits per heavy atom. The molecule has 18 heavy (non-hydrogen) atoms. The number of rotatable bonds is 5. The molecule has 3 N–H and O–H groups in total. The van der Waals surface area contributed by atoms with E-state index in [2.05, 4.69) is 15.9 Å². The Morgan fingerprint density at radius 2 is 2.11 bits per heavy atom. The minimum atomic E-state index is -3.92. The third kappa shape index (κ3) is 4.71. The van der Waals surface area contributed by atoms with Crippen molar-refractivity contribution in [1.82, 2.24) is 4.72 Å². The van der Waals surface area contributed by atoms with Gasteiger partial charge in [0.25, 0.3) is 5.92 Å². The monoisotopic (exact) mass is 384 g/mol. The number of nitrogens with one attached hydrogen (secondary N) is 1. The van der Waals surface area contributed by atoms with Gasteiger partial charge in [-0.2, -0.15) is 0 Å². The largest absolute Gasteiger partial charge is 0.325 e. The zero-order valence-electron chi connectivity index (χ0n) is 9.24. The molecular weight excluding hydrogens is 374 g/mol. The Bertz CT molecular complexity index is 507. The molecule has 0 saturated carbocycles. The van der Waals surface area contributed by atoms with Crippen molar-refractivity contribution in [3.8, 4) is 0 Å². The van der Waals surface area contributed by atoms with Crippen molar-refractivity contribution in [3.63, 3.8) is 0 Å². The Kier molecular flexibility index (Phi) is 6.65. The van der Waals surface area contributed by atoms with E-state index in [0.29, 0.717) is 8.66 Å². The maximum atomic E-state index is 12.8. The lowest BCUT2D eigenvalue weighted by molar-refractivity contribution is 0.0170. The zero-order valence-corrected chi connectivity index (χ0v) is 13.3. The van der Waals surface area contributed by atoms with Gasteiger partial charge in [0.1, 0.15) is 0 Å². The lowest BCUT2D eigenvalue weighted by Crippen LogP contribution is -2.41.